The number of methoxy groups -OCH3 is 1. The predicted molar refractivity (Wildman–Crippen MR) is 227 cm³/mol. The zero-order valence-corrected chi connectivity index (χ0v) is 31.9. The standard InChI is InChI=1S/C46H36N4O4S2/c1-54-38-19-11-18-36(29-38)41-30-55-46(49-41)50-45(53)42(34-14-7-3-8-15-34)56-39-26-24-37(25-27-39)47-44(52)40(48-43(51)35-16-9-4-10-17-35)28-31-20-22-33(23-21-31)32-12-5-2-6-13-32/h2-30,42H,1H3,(H,47,52)(H,48,51)(H,49,50,53)/b40-28-. The van der Waals surface area contributed by atoms with Gasteiger partial charge < -0.3 is 20.7 Å². The minimum absolute atomic E-state index is 0.0855. The maximum atomic E-state index is 13.8. The van der Waals surface area contributed by atoms with Gasteiger partial charge in [0.25, 0.3) is 11.8 Å². The molecule has 0 saturated heterocycles. The van der Waals surface area contributed by atoms with E-state index in [2.05, 4.69) is 20.9 Å². The third-order valence-electron chi connectivity index (χ3n) is 8.66. The lowest BCUT2D eigenvalue weighted by molar-refractivity contribution is -0.116. The second-order valence-electron chi connectivity index (χ2n) is 12.5. The third-order valence-corrected chi connectivity index (χ3v) is 10.7. The topological polar surface area (TPSA) is 109 Å². The third kappa shape index (κ3) is 9.67. The Morgan fingerprint density at radius 1 is 0.696 bits per heavy atom. The van der Waals surface area contributed by atoms with E-state index < -0.39 is 17.1 Å². The predicted octanol–water partition coefficient (Wildman–Crippen LogP) is 10.4. The lowest BCUT2D eigenvalue weighted by atomic mass is 10.0. The van der Waals surface area contributed by atoms with E-state index in [4.69, 9.17) is 4.74 Å². The van der Waals surface area contributed by atoms with Crippen molar-refractivity contribution in [3.8, 4) is 28.1 Å². The number of thiazole rings is 1. The summed E-state index contributed by atoms with van der Waals surface area (Å²) in [7, 11) is 1.62. The molecule has 0 aliphatic carbocycles. The van der Waals surface area contributed by atoms with Gasteiger partial charge in [-0.3, -0.25) is 14.4 Å². The molecular weight excluding hydrogens is 737 g/mol. The number of benzene rings is 6. The summed E-state index contributed by atoms with van der Waals surface area (Å²) in [6.07, 6.45) is 1.65. The molecule has 0 radical (unpaired) electrons. The Kier molecular flexibility index (Phi) is 12.1. The molecule has 1 heterocycles. The molecule has 6 aromatic carbocycles. The summed E-state index contributed by atoms with van der Waals surface area (Å²) < 4.78 is 5.35. The van der Waals surface area contributed by atoms with E-state index in [1.165, 1.54) is 23.1 Å². The number of carbonyl (C=O) groups is 3. The molecule has 0 saturated carbocycles. The van der Waals surface area contributed by atoms with Gasteiger partial charge in [0.1, 0.15) is 16.7 Å². The quantitative estimate of drug-likeness (QED) is 0.0795. The Bertz CT molecular complexity index is 2450. The first-order valence-electron chi connectivity index (χ1n) is 17.7. The molecule has 276 valence electrons. The molecule has 56 heavy (non-hydrogen) atoms. The van der Waals surface area contributed by atoms with Crippen LogP contribution in [-0.2, 0) is 9.59 Å². The van der Waals surface area contributed by atoms with E-state index in [0.717, 1.165) is 44.2 Å². The monoisotopic (exact) mass is 772 g/mol. The number of hydrogen-bond donors (Lipinski definition) is 3. The number of anilines is 2. The van der Waals surface area contributed by atoms with Crippen molar-refractivity contribution in [2.24, 2.45) is 0 Å². The van der Waals surface area contributed by atoms with Gasteiger partial charge in [0.15, 0.2) is 5.13 Å². The first-order valence-corrected chi connectivity index (χ1v) is 19.5. The van der Waals surface area contributed by atoms with Crippen LogP contribution in [-0.4, -0.2) is 29.8 Å². The summed E-state index contributed by atoms with van der Waals surface area (Å²) in [4.78, 5) is 46.2. The molecule has 3 amide bonds. The van der Waals surface area contributed by atoms with Crippen molar-refractivity contribution in [2.45, 2.75) is 10.1 Å². The highest BCUT2D eigenvalue weighted by Crippen LogP contribution is 2.37. The largest absolute Gasteiger partial charge is 0.497 e. The van der Waals surface area contributed by atoms with Crippen LogP contribution in [0.5, 0.6) is 5.75 Å². The number of rotatable bonds is 13. The van der Waals surface area contributed by atoms with Gasteiger partial charge in [-0.25, -0.2) is 4.98 Å². The zero-order chi connectivity index (χ0) is 38.7. The van der Waals surface area contributed by atoms with Gasteiger partial charge >= 0.3 is 0 Å². The summed E-state index contributed by atoms with van der Waals surface area (Å²) in [5, 5.41) is 10.5. The molecule has 0 spiro atoms. The first kappa shape index (κ1) is 37.6. The summed E-state index contributed by atoms with van der Waals surface area (Å²) in [6, 6.07) is 50.9. The molecule has 7 rings (SSSR count). The van der Waals surface area contributed by atoms with Crippen molar-refractivity contribution in [1.82, 2.24) is 10.3 Å². The number of amides is 3. The summed E-state index contributed by atoms with van der Waals surface area (Å²) in [6.45, 7) is 0. The number of aromatic nitrogens is 1. The van der Waals surface area contributed by atoms with E-state index in [0.29, 0.717) is 16.4 Å². The Morgan fingerprint density at radius 3 is 2.04 bits per heavy atom. The Morgan fingerprint density at radius 2 is 1.34 bits per heavy atom. The van der Waals surface area contributed by atoms with Crippen molar-refractivity contribution < 1.29 is 19.1 Å². The number of thioether (sulfide) groups is 1. The highest BCUT2D eigenvalue weighted by Gasteiger charge is 2.24. The van der Waals surface area contributed by atoms with Gasteiger partial charge in [-0.2, -0.15) is 0 Å². The molecule has 1 unspecified atom stereocenters. The van der Waals surface area contributed by atoms with Gasteiger partial charge in [0.05, 0.1) is 12.8 Å². The minimum atomic E-state index is -0.586. The van der Waals surface area contributed by atoms with E-state index in [1.54, 1.807) is 49.6 Å². The van der Waals surface area contributed by atoms with Crippen LogP contribution in [0.3, 0.4) is 0 Å². The van der Waals surface area contributed by atoms with Gasteiger partial charge in [-0.15, -0.1) is 23.1 Å². The SMILES string of the molecule is COc1cccc(-c2csc(NC(=O)C(Sc3ccc(NC(=O)/C(=C/c4ccc(-c5ccccc5)cc4)NC(=O)c4ccccc4)cc3)c3ccccc3)n2)c1. The number of nitrogens with zero attached hydrogens (tertiary/aromatic N) is 1. The van der Waals surface area contributed by atoms with Crippen molar-refractivity contribution in [2.75, 3.05) is 17.7 Å². The van der Waals surface area contributed by atoms with Crippen LogP contribution in [0.4, 0.5) is 10.8 Å². The van der Waals surface area contributed by atoms with Gasteiger partial charge in [0, 0.05) is 27.1 Å². The number of carbonyl (C=O) groups excluding carboxylic acids is 3. The fraction of sp³-hybridized carbons (Fsp3) is 0.0435. The molecule has 1 atom stereocenters. The van der Waals surface area contributed by atoms with Crippen LogP contribution in [0.15, 0.2) is 180 Å². The summed E-state index contributed by atoms with van der Waals surface area (Å²) in [5.74, 6) is -0.380. The van der Waals surface area contributed by atoms with Crippen LogP contribution < -0.4 is 20.7 Å². The van der Waals surface area contributed by atoms with Gasteiger partial charge in [-0.1, -0.05) is 115 Å². The van der Waals surface area contributed by atoms with E-state index in [1.807, 2.05) is 133 Å². The highest BCUT2D eigenvalue weighted by atomic mass is 32.2. The Labute approximate surface area is 333 Å². The molecule has 0 aliphatic rings. The summed E-state index contributed by atoms with van der Waals surface area (Å²) >= 11 is 2.74. The normalized spacial score (nSPS) is 11.6. The average Bonchev–Trinajstić information content (AvgIpc) is 3.72. The van der Waals surface area contributed by atoms with Crippen molar-refractivity contribution >= 4 is 57.7 Å². The molecule has 0 bridgehead atoms. The smallest absolute Gasteiger partial charge is 0.272 e. The summed E-state index contributed by atoms with van der Waals surface area (Å²) in [5.41, 5.74) is 6.35. The molecule has 8 nitrogen and oxygen atoms in total. The highest BCUT2D eigenvalue weighted by molar-refractivity contribution is 8.00. The molecule has 3 N–H and O–H groups in total. The maximum absolute atomic E-state index is 13.8. The molecule has 7 aromatic rings. The van der Waals surface area contributed by atoms with Gasteiger partial charge in [0.2, 0.25) is 5.91 Å². The Hall–Kier alpha value is -6.75. The number of hydrogen-bond acceptors (Lipinski definition) is 7. The maximum Gasteiger partial charge on any atom is 0.272 e. The van der Waals surface area contributed by atoms with Crippen molar-refractivity contribution in [1.29, 1.82) is 0 Å². The Balaban J connectivity index is 1.06. The number of nitrogens with one attached hydrogen (secondary N) is 3. The minimum Gasteiger partial charge on any atom is -0.497 e. The van der Waals surface area contributed by atoms with Crippen LogP contribution in [0.25, 0.3) is 28.5 Å². The second kappa shape index (κ2) is 18.1. The molecule has 1 aromatic heterocycles. The van der Waals surface area contributed by atoms with E-state index in [-0.39, 0.29) is 11.6 Å². The molecular formula is C46H36N4O4S2. The van der Waals surface area contributed by atoms with Crippen LogP contribution in [0, 0.1) is 0 Å². The molecule has 0 fully saturated rings. The number of ether oxygens (including phenoxy) is 1. The lowest BCUT2D eigenvalue weighted by Gasteiger charge is -2.17. The zero-order valence-electron chi connectivity index (χ0n) is 30.2. The van der Waals surface area contributed by atoms with E-state index in [9.17, 15) is 14.4 Å². The van der Waals surface area contributed by atoms with Crippen LogP contribution in [0.2, 0.25) is 0 Å². The van der Waals surface area contributed by atoms with Gasteiger partial charge in [-0.05, 0) is 76.9 Å². The van der Waals surface area contributed by atoms with Crippen LogP contribution in [0.1, 0.15) is 26.7 Å². The second-order valence-corrected chi connectivity index (χ2v) is 14.5. The molecule has 0 aliphatic heterocycles. The van der Waals surface area contributed by atoms with Crippen molar-refractivity contribution in [3.05, 3.63) is 192 Å². The fourth-order valence-corrected chi connectivity index (χ4v) is 7.53. The first-order chi connectivity index (χ1) is 27.4. The van der Waals surface area contributed by atoms with Crippen molar-refractivity contribution in [3.63, 3.8) is 0 Å². The lowest BCUT2D eigenvalue weighted by Crippen LogP contribution is -2.30. The van der Waals surface area contributed by atoms with E-state index >= 15 is 0 Å². The average molecular weight is 773 g/mol. The van der Waals surface area contributed by atoms with Crippen LogP contribution >= 0.6 is 23.1 Å². The molecule has 10 heteroatoms. The fourth-order valence-electron chi connectivity index (χ4n) is 5.78.